The first-order chi connectivity index (χ1) is 7.59. The summed E-state index contributed by atoms with van der Waals surface area (Å²) in [6.07, 6.45) is 2.94. The third kappa shape index (κ3) is 2.43. The van der Waals surface area contributed by atoms with E-state index < -0.39 is 10.8 Å². The first kappa shape index (κ1) is 12.4. The van der Waals surface area contributed by atoms with Gasteiger partial charge in [-0.05, 0) is 31.0 Å². The van der Waals surface area contributed by atoms with Crippen LogP contribution in [-0.2, 0) is 10.8 Å². The molecule has 0 heterocycles. The van der Waals surface area contributed by atoms with Crippen molar-refractivity contribution in [1.29, 1.82) is 0 Å². The molecule has 0 saturated heterocycles. The molecule has 1 fully saturated rings. The Labute approximate surface area is 108 Å². The van der Waals surface area contributed by atoms with Crippen molar-refractivity contribution in [1.82, 2.24) is 0 Å². The Balaban J connectivity index is 2.23. The second-order valence-electron chi connectivity index (χ2n) is 4.01. The molecule has 5 heteroatoms. The van der Waals surface area contributed by atoms with Gasteiger partial charge in [-0.25, -0.2) is 0 Å². The van der Waals surface area contributed by atoms with Gasteiger partial charge in [-0.1, -0.05) is 29.6 Å². The summed E-state index contributed by atoms with van der Waals surface area (Å²) in [5, 5.41) is 0.981. The van der Waals surface area contributed by atoms with Crippen LogP contribution in [0.15, 0.2) is 23.1 Å². The molecule has 0 aliphatic heterocycles. The van der Waals surface area contributed by atoms with Crippen LogP contribution in [0, 0.1) is 0 Å². The highest BCUT2D eigenvalue weighted by Crippen LogP contribution is 2.29. The van der Waals surface area contributed by atoms with E-state index in [1.54, 1.807) is 18.2 Å². The van der Waals surface area contributed by atoms with E-state index >= 15 is 0 Å². The van der Waals surface area contributed by atoms with E-state index in [2.05, 4.69) is 0 Å². The Kier molecular flexibility index (Phi) is 3.90. The Morgan fingerprint density at radius 1 is 1.25 bits per heavy atom. The van der Waals surface area contributed by atoms with Gasteiger partial charge in [0.1, 0.15) is 0 Å². The zero-order valence-corrected chi connectivity index (χ0v) is 11.0. The lowest BCUT2D eigenvalue weighted by Crippen LogP contribution is -2.32. The van der Waals surface area contributed by atoms with Crippen LogP contribution in [0.3, 0.4) is 0 Å². The minimum Gasteiger partial charge on any atom is -0.327 e. The molecule has 1 aromatic carbocycles. The van der Waals surface area contributed by atoms with Gasteiger partial charge in [0.05, 0.1) is 26.1 Å². The van der Waals surface area contributed by atoms with Crippen molar-refractivity contribution < 1.29 is 4.21 Å². The molecule has 1 aliphatic rings. The van der Waals surface area contributed by atoms with Crippen LogP contribution in [0.5, 0.6) is 0 Å². The molecular formula is C11H13Cl2NOS. The highest BCUT2D eigenvalue weighted by Gasteiger charge is 2.30. The zero-order valence-electron chi connectivity index (χ0n) is 8.66. The maximum absolute atomic E-state index is 12.3. The van der Waals surface area contributed by atoms with E-state index in [1.807, 2.05) is 0 Å². The van der Waals surface area contributed by atoms with Crippen molar-refractivity contribution in [3.8, 4) is 0 Å². The Bertz CT molecular complexity index is 424. The van der Waals surface area contributed by atoms with Crippen LogP contribution in [-0.4, -0.2) is 15.5 Å². The summed E-state index contributed by atoms with van der Waals surface area (Å²) in [4.78, 5) is 0.719. The van der Waals surface area contributed by atoms with Crippen LogP contribution >= 0.6 is 23.2 Å². The zero-order chi connectivity index (χ0) is 11.7. The molecule has 0 bridgehead atoms. The van der Waals surface area contributed by atoms with Gasteiger partial charge in [-0.3, -0.25) is 4.21 Å². The minimum atomic E-state index is -1.08. The van der Waals surface area contributed by atoms with Gasteiger partial charge in [0.15, 0.2) is 0 Å². The Morgan fingerprint density at radius 3 is 2.56 bits per heavy atom. The van der Waals surface area contributed by atoms with Gasteiger partial charge < -0.3 is 5.73 Å². The standard InChI is InChI=1S/C11H13Cl2NOS/c12-8-5-4-7(6-9(8)13)16(15)11-3-1-2-10(11)14/h4-6,10-11H,1-3,14H2. The molecule has 2 N–H and O–H groups in total. The predicted octanol–water partition coefficient (Wildman–Crippen LogP) is 2.98. The van der Waals surface area contributed by atoms with Gasteiger partial charge in [0.25, 0.3) is 0 Å². The third-order valence-corrected chi connectivity index (χ3v) is 5.49. The SMILES string of the molecule is NC1CCCC1S(=O)c1ccc(Cl)c(Cl)c1. The molecule has 0 amide bonds. The topological polar surface area (TPSA) is 43.1 Å². The Morgan fingerprint density at radius 2 is 2.00 bits per heavy atom. The van der Waals surface area contributed by atoms with E-state index in [0.29, 0.717) is 10.0 Å². The lowest BCUT2D eigenvalue weighted by molar-refractivity contribution is 0.649. The largest absolute Gasteiger partial charge is 0.327 e. The van der Waals surface area contributed by atoms with Crippen LogP contribution in [0.2, 0.25) is 10.0 Å². The average Bonchev–Trinajstić information content (AvgIpc) is 2.67. The summed E-state index contributed by atoms with van der Waals surface area (Å²) in [6.45, 7) is 0. The molecule has 1 aliphatic carbocycles. The van der Waals surface area contributed by atoms with Crippen molar-refractivity contribution in [2.75, 3.05) is 0 Å². The number of hydrogen-bond donors (Lipinski definition) is 1. The summed E-state index contributed by atoms with van der Waals surface area (Å²) < 4.78 is 12.3. The average molecular weight is 278 g/mol. The molecule has 2 nitrogen and oxygen atoms in total. The summed E-state index contributed by atoms with van der Waals surface area (Å²) in [5.41, 5.74) is 5.93. The number of hydrogen-bond acceptors (Lipinski definition) is 2. The molecule has 3 unspecified atom stereocenters. The predicted molar refractivity (Wildman–Crippen MR) is 68.5 cm³/mol. The number of benzene rings is 1. The summed E-state index contributed by atoms with van der Waals surface area (Å²) in [5.74, 6) is 0. The molecule has 0 aromatic heterocycles. The number of nitrogens with two attached hydrogens (primary N) is 1. The molecular weight excluding hydrogens is 265 g/mol. The fourth-order valence-corrected chi connectivity index (χ4v) is 3.98. The summed E-state index contributed by atoms with van der Waals surface area (Å²) in [6, 6.07) is 5.15. The van der Waals surface area contributed by atoms with E-state index in [-0.39, 0.29) is 11.3 Å². The second-order valence-corrected chi connectivity index (χ2v) is 6.49. The van der Waals surface area contributed by atoms with E-state index in [0.717, 1.165) is 24.2 Å². The highest BCUT2D eigenvalue weighted by atomic mass is 35.5. The normalized spacial score (nSPS) is 26.9. The summed E-state index contributed by atoms with van der Waals surface area (Å²) >= 11 is 11.7. The van der Waals surface area contributed by atoms with Crippen LogP contribution < -0.4 is 5.73 Å². The quantitative estimate of drug-likeness (QED) is 0.903. The van der Waals surface area contributed by atoms with Crippen molar-refractivity contribution in [3.63, 3.8) is 0 Å². The molecule has 1 aromatic rings. The maximum Gasteiger partial charge on any atom is 0.0604 e. The number of rotatable bonds is 2. The maximum atomic E-state index is 12.3. The molecule has 3 atom stereocenters. The Hall–Kier alpha value is -0.0900. The van der Waals surface area contributed by atoms with Crippen LogP contribution in [0.1, 0.15) is 19.3 Å². The second kappa shape index (κ2) is 5.05. The minimum absolute atomic E-state index is 0.0373. The van der Waals surface area contributed by atoms with E-state index in [9.17, 15) is 4.21 Å². The van der Waals surface area contributed by atoms with E-state index in [4.69, 9.17) is 28.9 Å². The monoisotopic (exact) mass is 277 g/mol. The van der Waals surface area contributed by atoms with Gasteiger partial charge in [0, 0.05) is 10.9 Å². The molecule has 88 valence electrons. The molecule has 16 heavy (non-hydrogen) atoms. The smallest absolute Gasteiger partial charge is 0.0604 e. The van der Waals surface area contributed by atoms with Gasteiger partial charge in [-0.15, -0.1) is 0 Å². The highest BCUT2D eigenvalue weighted by molar-refractivity contribution is 7.85. The molecule has 0 radical (unpaired) electrons. The molecule has 0 spiro atoms. The summed E-state index contributed by atoms with van der Waals surface area (Å²) in [7, 11) is -1.08. The number of halogens is 2. The molecule has 1 saturated carbocycles. The first-order valence-corrected chi connectivity index (χ1v) is 7.17. The van der Waals surface area contributed by atoms with Crippen molar-refractivity contribution >= 4 is 34.0 Å². The van der Waals surface area contributed by atoms with Crippen molar-refractivity contribution in [2.24, 2.45) is 5.73 Å². The lowest BCUT2D eigenvalue weighted by atomic mass is 10.3. The van der Waals surface area contributed by atoms with Crippen molar-refractivity contribution in [3.05, 3.63) is 28.2 Å². The van der Waals surface area contributed by atoms with Crippen molar-refractivity contribution in [2.45, 2.75) is 35.4 Å². The van der Waals surface area contributed by atoms with Gasteiger partial charge in [0.2, 0.25) is 0 Å². The van der Waals surface area contributed by atoms with Gasteiger partial charge >= 0.3 is 0 Å². The molecule has 2 rings (SSSR count). The lowest BCUT2D eigenvalue weighted by Gasteiger charge is -2.15. The third-order valence-electron chi connectivity index (χ3n) is 2.90. The first-order valence-electron chi connectivity index (χ1n) is 5.21. The fourth-order valence-electron chi connectivity index (χ4n) is 2.00. The van der Waals surface area contributed by atoms with Crippen LogP contribution in [0.4, 0.5) is 0 Å². The fraction of sp³-hybridized carbons (Fsp3) is 0.455. The van der Waals surface area contributed by atoms with Crippen LogP contribution in [0.25, 0.3) is 0 Å². The van der Waals surface area contributed by atoms with E-state index in [1.165, 1.54) is 0 Å². The van der Waals surface area contributed by atoms with Gasteiger partial charge in [-0.2, -0.15) is 0 Å².